The molecule has 1 aliphatic carbocycles. The Morgan fingerprint density at radius 2 is 1.84 bits per heavy atom. The molecule has 1 saturated heterocycles. The highest BCUT2D eigenvalue weighted by molar-refractivity contribution is 6.08. The summed E-state index contributed by atoms with van der Waals surface area (Å²) in [5, 5.41) is 22.3. The number of amides is 1. The highest BCUT2D eigenvalue weighted by Gasteiger charge is 2.34. The van der Waals surface area contributed by atoms with Crippen molar-refractivity contribution >= 4 is 23.4 Å². The Labute approximate surface area is 222 Å². The highest BCUT2D eigenvalue weighted by atomic mass is 16.5. The van der Waals surface area contributed by atoms with Gasteiger partial charge < -0.3 is 25.2 Å². The second kappa shape index (κ2) is 11.5. The third-order valence-electron chi connectivity index (χ3n) is 7.45. The van der Waals surface area contributed by atoms with Crippen LogP contribution in [0.1, 0.15) is 53.9 Å². The summed E-state index contributed by atoms with van der Waals surface area (Å²) >= 11 is 0. The van der Waals surface area contributed by atoms with Gasteiger partial charge >= 0.3 is 5.97 Å². The minimum Gasteiger partial charge on any atom is -0.508 e. The standard InChI is InChI=1S/C30H33N3O5/c34-23-9-10-25(30(37)32-28-6-1-2-13-31-28)27(17-23)33-14-11-20(12-15-33)19-38-24-5-3-4-22(16-24)26(18-29(35)36)21-7-8-21/h1-6,9-10,13,16-17,20-21,26,34H,7-8,11-12,14-15,18-19H2,(H,35,36)(H,31,32,37). The van der Waals surface area contributed by atoms with E-state index in [2.05, 4.69) is 15.2 Å². The van der Waals surface area contributed by atoms with Crippen molar-refractivity contribution in [2.24, 2.45) is 11.8 Å². The molecule has 8 heteroatoms. The predicted octanol–water partition coefficient (Wildman–Crippen LogP) is 5.30. The Kier molecular flexibility index (Phi) is 7.77. The van der Waals surface area contributed by atoms with Gasteiger partial charge in [0, 0.05) is 25.4 Å². The smallest absolute Gasteiger partial charge is 0.303 e. The van der Waals surface area contributed by atoms with Gasteiger partial charge in [0.2, 0.25) is 0 Å². The average Bonchev–Trinajstić information content (AvgIpc) is 3.77. The van der Waals surface area contributed by atoms with Crippen LogP contribution in [-0.2, 0) is 4.79 Å². The molecule has 1 atom stereocenters. The number of ether oxygens (including phenoxy) is 1. The van der Waals surface area contributed by atoms with Crippen LogP contribution in [0, 0.1) is 11.8 Å². The Bertz CT molecular complexity index is 1270. The molecule has 3 N–H and O–H groups in total. The van der Waals surface area contributed by atoms with Crippen molar-refractivity contribution in [3.8, 4) is 11.5 Å². The fraction of sp³-hybridized carbons (Fsp3) is 0.367. The van der Waals surface area contributed by atoms with E-state index in [0.717, 1.165) is 50.1 Å². The van der Waals surface area contributed by atoms with Crippen LogP contribution in [0.25, 0.3) is 0 Å². The maximum Gasteiger partial charge on any atom is 0.303 e. The van der Waals surface area contributed by atoms with Crippen LogP contribution >= 0.6 is 0 Å². The molecule has 38 heavy (non-hydrogen) atoms. The molecule has 1 aromatic heterocycles. The van der Waals surface area contributed by atoms with E-state index >= 15 is 0 Å². The van der Waals surface area contributed by atoms with Gasteiger partial charge in [-0.05, 0) is 85.4 Å². The number of carboxylic acids is 1. The molecule has 0 bridgehead atoms. The molecule has 8 nitrogen and oxygen atoms in total. The molecule has 2 aromatic carbocycles. The molecule has 0 radical (unpaired) electrons. The van der Waals surface area contributed by atoms with Gasteiger partial charge in [-0.2, -0.15) is 0 Å². The minimum absolute atomic E-state index is 0.0469. The monoisotopic (exact) mass is 515 g/mol. The molecule has 1 amide bonds. The number of aliphatic carboxylic acids is 1. The van der Waals surface area contributed by atoms with Crippen LogP contribution in [0.2, 0.25) is 0 Å². The summed E-state index contributed by atoms with van der Waals surface area (Å²) in [6.45, 7) is 2.06. The van der Waals surface area contributed by atoms with Gasteiger partial charge in [0.05, 0.1) is 24.3 Å². The SMILES string of the molecule is O=C(O)CC(c1cccc(OCC2CCN(c3cc(O)ccc3C(=O)Nc3ccccn3)CC2)c1)C1CC1. The molecule has 2 aliphatic rings. The van der Waals surface area contributed by atoms with Crippen LogP contribution in [0.3, 0.4) is 0 Å². The van der Waals surface area contributed by atoms with Crippen molar-refractivity contribution in [1.82, 2.24) is 4.98 Å². The van der Waals surface area contributed by atoms with Crippen molar-refractivity contribution in [1.29, 1.82) is 0 Å². The topological polar surface area (TPSA) is 112 Å². The quantitative estimate of drug-likeness (QED) is 0.336. The number of carbonyl (C=O) groups excluding carboxylic acids is 1. The Balaban J connectivity index is 1.18. The fourth-order valence-corrected chi connectivity index (χ4v) is 5.23. The van der Waals surface area contributed by atoms with E-state index in [4.69, 9.17) is 4.74 Å². The summed E-state index contributed by atoms with van der Waals surface area (Å²) in [5.41, 5.74) is 2.24. The number of hydrogen-bond acceptors (Lipinski definition) is 6. The van der Waals surface area contributed by atoms with Gasteiger partial charge in [-0.3, -0.25) is 9.59 Å². The second-order valence-corrected chi connectivity index (χ2v) is 10.2. The zero-order valence-electron chi connectivity index (χ0n) is 21.3. The summed E-state index contributed by atoms with van der Waals surface area (Å²) in [7, 11) is 0. The first-order valence-electron chi connectivity index (χ1n) is 13.2. The lowest BCUT2D eigenvalue weighted by atomic mass is 9.91. The van der Waals surface area contributed by atoms with Crippen LogP contribution in [-0.4, -0.2) is 46.8 Å². The van der Waals surface area contributed by atoms with E-state index in [9.17, 15) is 19.8 Å². The molecule has 5 rings (SSSR count). The van der Waals surface area contributed by atoms with Gasteiger partial charge in [0.15, 0.2) is 0 Å². The van der Waals surface area contributed by atoms with E-state index in [1.54, 1.807) is 30.5 Å². The molecule has 198 valence electrons. The number of nitrogens with one attached hydrogen (secondary N) is 1. The number of phenols is 1. The Hall–Kier alpha value is -4.07. The highest BCUT2D eigenvalue weighted by Crippen LogP contribution is 2.45. The van der Waals surface area contributed by atoms with Gasteiger partial charge in [0.1, 0.15) is 17.3 Å². The van der Waals surface area contributed by atoms with Gasteiger partial charge in [0.25, 0.3) is 5.91 Å². The van der Waals surface area contributed by atoms with Crippen LogP contribution < -0.4 is 15.0 Å². The molecular weight excluding hydrogens is 482 g/mol. The number of anilines is 2. The number of nitrogens with zero attached hydrogens (tertiary/aromatic N) is 2. The van der Waals surface area contributed by atoms with E-state index in [1.165, 1.54) is 6.07 Å². The Morgan fingerprint density at radius 3 is 2.55 bits per heavy atom. The number of rotatable bonds is 10. The van der Waals surface area contributed by atoms with E-state index in [1.807, 2.05) is 30.3 Å². The molecule has 1 saturated carbocycles. The van der Waals surface area contributed by atoms with Crippen molar-refractivity contribution in [3.05, 3.63) is 78.0 Å². The minimum atomic E-state index is -0.760. The zero-order chi connectivity index (χ0) is 26.5. The lowest BCUT2D eigenvalue weighted by Crippen LogP contribution is -2.36. The number of phenolic OH excluding ortho intramolecular Hbond substituents is 1. The lowest BCUT2D eigenvalue weighted by molar-refractivity contribution is -0.137. The normalized spacial score (nSPS) is 16.6. The van der Waals surface area contributed by atoms with E-state index in [-0.39, 0.29) is 24.0 Å². The molecule has 1 aliphatic heterocycles. The number of carbonyl (C=O) groups is 2. The van der Waals surface area contributed by atoms with Crippen LogP contribution in [0.5, 0.6) is 11.5 Å². The first-order valence-corrected chi connectivity index (χ1v) is 13.2. The number of aromatic hydroxyl groups is 1. The number of piperidine rings is 1. The van der Waals surface area contributed by atoms with Crippen LogP contribution in [0.4, 0.5) is 11.5 Å². The molecular formula is C30H33N3O5. The summed E-state index contributed by atoms with van der Waals surface area (Å²) < 4.78 is 6.15. The van der Waals surface area contributed by atoms with Gasteiger partial charge in [-0.1, -0.05) is 18.2 Å². The van der Waals surface area contributed by atoms with Crippen molar-refractivity contribution < 1.29 is 24.5 Å². The summed E-state index contributed by atoms with van der Waals surface area (Å²) in [6, 6.07) is 18.0. The molecule has 0 spiro atoms. The van der Waals surface area contributed by atoms with Crippen LogP contribution in [0.15, 0.2) is 66.9 Å². The molecule has 1 unspecified atom stereocenters. The summed E-state index contributed by atoms with van der Waals surface area (Å²) in [5.74, 6) is 1.21. The Morgan fingerprint density at radius 1 is 1.03 bits per heavy atom. The summed E-state index contributed by atoms with van der Waals surface area (Å²) in [6.07, 6.45) is 5.74. The molecule has 3 aromatic rings. The van der Waals surface area contributed by atoms with Gasteiger partial charge in [-0.15, -0.1) is 0 Å². The number of benzene rings is 2. The lowest BCUT2D eigenvalue weighted by Gasteiger charge is -2.34. The first kappa shape index (κ1) is 25.6. The number of hydrogen-bond donors (Lipinski definition) is 3. The number of carboxylic acid groups (broad SMARTS) is 1. The number of pyridine rings is 1. The first-order chi connectivity index (χ1) is 18.5. The zero-order valence-corrected chi connectivity index (χ0v) is 21.3. The third kappa shape index (κ3) is 6.43. The molecule has 2 fully saturated rings. The van der Waals surface area contributed by atoms with Crippen molar-refractivity contribution in [2.75, 3.05) is 29.9 Å². The van der Waals surface area contributed by atoms with E-state index < -0.39 is 5.97 Å². The largest absolute Gasteiger partial charge is 0.508 e. The fourth-order valence-electron chi connectivity index (χ4n) is 5.23. The van der Waals surface area contributed by atoms with E-state index in [0.29, 0.717) is 35.5 Å². The van der Waals surface area contributed by atoms with Crippen molar-refractivity contribution in [3.63, 3.8) is 0 Å². The second-order valence-electron chi connectivity index (χ2n) is 10.2. The van der Waals surface area contributed by atoms with Crippen molar-refractivity contribution in [2.45, 2.75) is 38.0 Å². The van der Waals surface area contributed by atoms with Gasteiger partial charge in [-0.25, -0.2) is 4.98 Å². The maximum atomic E-state index is 13.0. The summed E-state index contributed by atoms with van der Waals surface area (Å²) in [4.78, 5) is 30.6. The number of aromatic nitrogens is 1. The predicted molar refractivity (Wildman–Crippen MR) is 145 cm³/mol. The molecule has 2 heterocycles. The third-order valence-corrected chi connectivity index (χ3v) is 7.45. The maximum absolute atomic E-state index is 13.0. The average molecular weight is 516 g/mol.